The van der Waals surface area contributed by atoms with Crippen molar-refractivity contribution in [1.29, 1.82) is 0 Å². The van der Waals surface area contributed by atoms with Crippen molar-refractivity contribution in [3.63, 3.8) is 0 Å². The summed E-state index contributed by atoms with van der Waals surface area (Å²) in [6.45, 7) is 1.53. The first-order valence-corrected chi connectivity index (χ1v) is 7.28. The number of carbonyl (C=O) groups excluding carboxylic acids is 1. The fourth-order valence-corrected chi connectivity index (χ4v) is 3.12. The summed E-state index contributed by atoms with van der Waals surface area (Å²) < 4.78 is 5.68. The van der Waals surface area contributed by atoms with Crippen LogP contribution in [-0.2, 0) is 9.53 Å². The lowest BCUT2D eigenvalue weighted by Crippen LogP contribution is -2.56. The third kappa shape index (κ3) is 3.23. The minimum Gasteiger partial charge on any atom is -0.376 e. The summed E-state index contributed by atoms with van der Waals surface area (Å²) in [4.78, 5) is 14.2. The van der Waals surface area contributed by atoms with E-state index in [-0.39, 0.29) is 12.0 Å². The van der Waals surface area contributed by atoms with Crippen LogP contribution < -0.4 is 5.73 Å². The summed E-state index contributed by atoms with van der Waals surface area (Å²) in [6, 6.07) is 0. The summed E-state index contributed by atoms with van der Waals surface area (Å²) in [7, 11) is 1.86. The van der Waals surface area contributed by atoms with Crippen LogP contribution in [0.15, 0.2) is 0 Å². The van der Waals surface area contributed by atoms with Gasteiger partial charge in [0.25, 0.3) is 0 Å². The zero-order valence-corrected chi connectivity index (χ0v) is 11.5. The number of amides is 1. The second-order valence-electron chi connectivity index (χ2n) is 5.89. The maximum atomic E-state index is 12.4. The van der Waals surface area contributed by atoms with E-state index in [1.807, 2.05) is 7.05 Å². The molecule has 0 radical (unpaired) electrons. The topological polar surface area (TPSA) is 55.6 Å². The van der Waals surface area contributed by atoms with Crippen molar-refractivity contribution < 1.29 is 9.53 Å². The summed E-state index contributed by atoms with van der Waals surface area (Å²) in [5.74, 6) is 0.108. The van der Waals surface area contributed by atoms with Gasteiger partial charge in [-0.1, -0.05) is 19.3 Å². The lowest BCUT2D eigenvalue weighted by Gasteiger charge is -2.37. The molecule has 2 fully saturated rings. The molecule has 0 spiro atoms. The van der Waals surface area contributed by atoms with E-state index >= 15 is 0 Å². The first-order chi connectivity index (χ1) is 8.62. The third-order valence-electron chi connectivity index (χ3n) is 4.27. The molecule has 0 aromatic heterocycles. The molecule has 1 heterocycles. The molecule has 0 aromatic carbocycles. The standard InChI is InChI=1S/C14H26N2O2/c1-16(11-12-7-3-6-10-18-12)13(17)14(15)8-4-2-5-9-14/h12H,2-11,15H2,1H3. The Hall–Kier alpha value is -0.610. The average molecular weight is 254 g/mol. The second kappa shape index (κ2) is 6.02. The first kappa shape index (κ1) is 13.8. The van der Waals surface area contributed by atoms with E-state index in [2.05, 4.69) is 0 Å². The number of hydrogen-bond acceptors (Lipinski definition) is 3. The number of hydrogen-bond donors (Lipinski definition) is 1. The molecule has 2 N–H and O–H groups in total. The van der Waals surface area contributed by atoms with Crippen LogP contribution in [0.1, 0.15) is 51.4 Å². The van der Waals surface area contributed by atoms with Crippen LogP contribution in [0.2, 0.25) is 0 Å². The third-order valence-corrected chi connectivity index (χ3v) is 4.27. The van der Waals surface area contributed by atoms with Gasteiger partial charge < -0.3 is 15.4 Å². The number of carbonyl (C=O) groups is 1. The van der Waals surface area contributed by atoms with Gasteiger partial charge in [-0.25, -0.2) is 0 Å². The maximum Gasteiger partial charge on any atom is 0.242 e. The number of likely N-dealkylation sites (N-methyl/N-ethyl adjacent to an activating group) is 1. The minimum atomic E-state index is -0.609. The highest BCUT2D eigenvalue weighted by atomic mass is 16.5. The van der Waals surface area contributed by atoms with Crippen molar-refractivity contribution in [2.24, 2.45) is 5.73 Å². The maximum absolute atomic E-state index is 12.4. The Morgan fingerprint density at radius 3 is 2.61 bits per heavy atom. The Kier molecular flexibility index (Phi) is 4.62. The minimum absolute atomic E-state index is 0.108. The molecule has 104 valence electrons. The van der Waals surface area contributed by atoms with E-state index < -0.39 is 5.54 Å². The van der Waals surface area contributed by atoms with Gasteiger partial charge >= 0.3 is 0 Å². The van der Waals surface area contributed by atoms with Crippen LogP contribution in [0.3, 0.4) is 0 Å². The zero-order chi connectivity index (χ0) is 13.0. The van der Waals surface area contributed by atoms with Crippen LogP contribution in [0.25, 0.3) is 0 Å². The van der Waals surface area contributed by atoms with Crippen molar-refractivity contribution in [2.45, 2.75) is 63.0 Å². The largest absolute Gasteiger partial charge is 0.376 e. The molecule has 1 unspecified atom stereocenters. The van der Waals surface area contributed by atoms with Gasteiger partial charge in [0, 0.05) is 20.2 Å². The van der Waals surface area contributed by atoms with Crippen LogP contribution in [0, 0.1) is 0 Å². The predicted molar refractivity (Wildman–Crippen MR) is 71.2 cm³/mol. The van der Waals surface area contributed by atoms with E-state index in [9.17, 15) is 4.79 Å². The second-order valence-corrected chi connectivity index (χ2v) is 5.89. The number of ether oxygens (including phenoxy) is 1. The molecule has 1 aliphatic heterocycles. The summed E-state index contributed by atoms with van der Waals surface area (Å²) >= 11 is 0. The van der Waals surface area contributed by atoms with Crippen molar-refractivity contribution in [1.82, 2.24) is 4.90 Å². The van der Waals surface area contributed by atoms with Gasteiger partial charge in [0.05, 0.1) is 11.6 Å². The van der Waals surface area contributed by atoms with Crippen LogP contribution in [0.5, 0.6) is 0 Å². The fourth-order valence-electron chi connectivity index (χ4n) is 3.12. The molecule has 1 saturated heterocycles. The molecule has 4 nitrogen and oxygen atoms in total. The molecule has 1 atom stereocenters. The molecule has 2 rings (SSSR count). The normalized spacial score (nSPS) is 27.8. The lowest BCUT2D eigenvalue weighted by atomic mass is 9.81. The molecule has 0 aromatic rings. The molecule has 1 aliphatic carbocycles. The summed E-state index contributed by atoms with van der Waals surface area (Å²) in [6.07, 6.45) is 8.67. The monoisotopic (exact) mass is 254 g/mol. The number of nitrogens with two attached hydrogens (primary N) is 1. The van der Waals surface area contributed by atoms with Crippen LogP contribution in [-0.4, -0.2) is 42.6 Å². The van der Waals surface area contributed by atoms with Gasteiger partial charge in [-0.3, -0.25) is 4.79 Å². The highest BCUT2D eigenvalue weighted by molar-refractivity contribution is 5.86. The van der Waals surface area contributed by atoms with E-state index in [0.29, 0.717) is 6.54 Å². The van der Waals surface area contributed by atoms with Gasteiger partial charge in [-0.05, 0) is 32.1 Å². The quantitative estimate of drug-likeness (QED) is 0.833. The van der Waals surface area contributed by atoms with Crippen molar-refractivity contribution >= 4 is 5.91 Å². The average Bonchev–Trinajstić information content (AvgIpc) is 2.40. The highest BCUT2D eigenvalue weighted by Crippen LogP contribution is 2.27. The van der Waals surface area contributed by atoms with Gasteiger partial charge in [0.1, 0.15) is 0 Å². The number of nitrogens with zero attached hydrogens (tertiary/aromatic N) is 1. The highest BCUT2D eigenvalue weighted by Gasteiger charge is 2.37. The summed E-state index contributed by atoms with van der Waals surface area (Å²) in [5.41, 5.74) is 5.67. The Balaban J connectivity index is 1.86. The van der Waals surface area contributed by atoms with Crippen molar-refractivity contribution in [3.05, 3.63) is 0 Å². The van der Waals surface area contributed by atoms with Crippen LogP contribution >= 0.6 is 0 Å². The smallest absolute Gasteiger partial charge is 0.242 e. The van der Waals surface area contributed by atoms with Crippen LogP contribution in [0.4, 0.5) is 0 Å². The van der Waals surface area contributed by atoms with E-state index in [0.717, 1.165) is 45.1 Å². The Labute approximate surface area is 110 Å². The van der Waals surface area contributed by atoms with E-state index in [4.69, 9.17) is 10.5 Å². The molecule has 4 heteroatoms. The summed E-state index contributed by atoms with van der Waals surface area (Å²) in [5, 5.41) is 0. The predicted octanol–water partition coefficient (Wildman–Crippen LogP) is 1.68. The van der Waals surface area contributed by atoms with Crippen molar-refractivity contribution in [2.75, 3.05) is 20.2 Å². The molecule has 18 heavy (non-hydrogen) atoms. The molecule has 1 amide bonds. The molecule has 1 saturated carbocycles. The first-order valence-electron chi connectivity index (χ1n) is 7.28. The van der Waals surface area contributed by atoms with Gasteiger partial charge in [-0.15, -0.1) is 0 Å². The SMILES string of the molecule is CN(CC1CCCCO1)C(=O)C1(N)CCCCC1. The van der Waals surface area contributed by atoms with Gasteiger partial charge in [0.2, 0.25) is 5.91 Å². The molecule has 0 bridgehead atoms. The van der Waals surface area contributed by atoms with Crippen molar-refractivity contribution in [3.8, 4) is 0 Å². The van der Waals surface area contributed by atoms with E-state index in [1.165, 1.54) is 12.8 Å². The molecule has 2 aliphatic rings. The Morgan fingerprint density at radius 1 is 1.28 bits per heavy atom. The number of rotatable bonds is 3. The molecular formula is C14H26N2O2. The Bertz CT molecular complexity index is 282. The Morgan fingerprint density at radius 2 is 2.00 bits per heavy atom. The van der Waals surface area contributed by atoms with E-state index in [1.54, 1.807) is 4.90 Å². The van der Waals surface area contributed by atoms with Gasteiger partial charge in [-0.2, -0.15) is 0 Å². The fraction of sp³-hybridized carbons (Fsp3) is 0.929. The molecular weight excluding hydrogens is 228 g/mol. The lowest BCUT2D eigenvalue weighted by molar-refractivity contribution is -0.139. The van der Waals surface area contributed by atoms with Gasteiger partial charge in [0.15, 0.2) is 0 Å². The zero-order valence-electron chi connectivity index (χ0n) is 11.5.